The molecule has 0 unspecified atom stereocenters. The van der Waals surface area contributed by atoms with Crippen molar-refractivity contribution < 1.29 is 0 Å². The Kier molecular flexibility index (Phi) is 4.04. The van der Waals surface area contributed by atoms with Gasteiger partial charge >= 0.3 is 0 Å². The summed E-state index contributed by atoms with van der Waals surface area (Å²) in [4.78, 5) is 0. The van der Waals surface area contributed by atoms with E-state index in [1.165, 1.54) is 38.5 Å². The monoisotopic (exact) mass is 252 g/mol. The first kappa shape index (κ1) is 8.82. The molecule has 0 aromatic rings. The molecule has 0 spiro atoms. The van der Waals surface area contributed by atoms with Crippen molar-refractivity contribution in [1.82, 2.24) is 0 Å². The van der Waals surface area contributed by atoms with E-state index in [9.17, 15) is 0 Å². The molecule has 1 atom stereocenters. The van der Waals surface area contributed by atoms with Crippen LogP contribution >= 0.6 is 22.6 Å². The van der Waals surface area contributed by atoms with Gasteiger partial charge in [0.25, 0.3) is 0 Å². The van der Waals surface area contributed by atoms with E-state index >= 15 is 0 Å². The third-order valence-corrected chi connectivity index (χ3v) is 2.89. The Morgan fingerprint density at radius 2 is 1.90 bits per heavy atom. The topological polar surface area (TPSA) is 0 Å². The second-order valence-corrected chi connectivity index (χ2v) is 5.65. The Hall–Kier alpha value is 0.730. The molecule has 0 heterocycles. The van der Waals surface area contributed by atoms with E-state index in [1.807, 2.05) is 0 Å². The number of halogens is 1. The lowest BCUT2D eigenvalue weighted by Crippen LogP contribution is -2.09. The van der Waals surface area contributed by atoms with Gasteiger partial charge in [-0.15, -0.1) is 0 Å². The van der Waals surface area contributed by atoms with Crippen LogP contribution in [-0.2, 0) is 0 Å². The zero-order chi connectivity index (χ0) is 7.40. The standard InChI is InChI=1S/C9H17I/c1-8(10)7-9-5-3-2-4-6-9/h8-9H,2-7H2,1H3/t8-/m1/s1. The molecular formula is C9H17I. The zero-order valence-corrected chi connectivity index (χ0v) is 8.93. The van der Waals surface area contributed by atoms with Crippen molar-refractivity contribution in [1.29, 1.82) is 0 Å². The number of hydrogen-bond donors (Lipinski definition) is 0. The van der Waals surface area contributed by atoms with Crippen molar-refractivity contribution in [3.8, 4) is 0 Å². The lowest BCUT2D eigenvalue weighted by molar-refractivity contribution is 0.342. The molecule has 10 heavy (non-hydrogen) atoms. The number of hydrogen-bond acceptors (Lipinski definition) is 0. The van der Waals surface area contributed by atoms with Gasteiger partial charge in [0, 0.05) is 3.92 Å². The zero-order valence-electron chi connectivity index (χ0n) is 6.78. The maximum Gasteiger partial charge on any atom is 0.00839 e. The van der Waals surface area contributed by atoms with E-state index in [0.29, 0.717) is 0 Å². The SMILES string of the molecule is C[C@@H](I)CC1CCCCC1. The van der Waals surface area contributed by atoms with Gasteiger partial charge < -0.3 is 0 Å². The van der Waals surface area contributed by atoms with E-state index < -0.39 is 0 Å². The predicted molar refractivity (Wildman–Crippen MR) is 54.7 cm³/mol. The highest BCUT2D eigenvalue weighted by Gasteiger charge is 2.14. The van der Waals surface area contributed by atoms with Crippen molar-refractivity contribution in [2.24, 2.45) is 5.92 Å². The van der Waals surface area contributed by atoms with Crippen LogP contribution in [0, 0.1) is 5.92 Å². The molecule has 0 radical (unpaired) electrons. The maximum atomic E-state index is 2.54. The maximum absolute atomic E-state index is 2.54. The molecule has 1 saturated carbocycles. The molecule has 1 heteroatoms. The molecule has 0 N–H and O–H groups in total. The molecule has 1 rings (SSSR count). The van der Waals surface area contributed by atoms with Crippen molar-refractivity contribution >= 4 is 22.6 Å². The molecule has 0 nitrogen and oxygen atoms in total. The van der Waals surface area contributed by atoms with Crippen LogP contribution in [0.1, 0.15) is 45.4 Å². The van der Waals surface area contributed by atoms with Crippen LogP contribution in [0.2, 0.25) is 0 Å². The molecule has 1 aliphatic rings. The first-order valence-electron chi connectivity index (χ1n) is 4.43. The summed E-state index contributed by atoms with van der Waals surface area (Å²) < 4.78 is 0.890. The third kappa shape index (κ3) is 3.22. The van der Waals surface area contributed by atoms with E-state index in [-0.39, 0.29) is 0 Å². The van der Waals surface area contributed by atoms with Gasteiger partial charge in [-0.25, -0.2) is 0 Å². The highest BCUT2D eigenvalue weighted by atomic mass is 127. The van der Waals surface area contributed by atoms with Crippen LogP contribution in [-0.4, -0.2) is 3.92 Å². The van der Waals surface area contributed by atoms with E-state index in [1.54, 1.807) is 0 Å². The fraction of sp³-hybridized carbons (Fsp3) is 1.00. The van der Waals surface area contributed by atoms with Gasteiger partial charge in [0.15, 0.2) is 0 Å². The molecular weight excluding hydrogens is 235 g/mol. The quantitative estimate of drug-likeness (QED) is 0.518. The summed E-state index contributed by atoms with van der Waals surface area (Å²) in [5.74, 6) is 1.07. The van der Waals surface area contributed by atoms with Gasteiger partial charge in [-0.1, -0.05) is 61.6 Å². The van der Waals surface area contributed by atoms with Crippen LogP contribution < -0.4 is 0 Å². The van der Waals surface area contributed by atoms with E-state index in [2.05, 4.69) is 29.5 Å². The highest BCUT2D eigenvalue weighted by molar-refractivity contribution is 14.1. The Labute approximate surface area is 77.9 Å². The van der Waals surface area contributed by atoms with Gasteiger partial charge in [0.2, 0.25) is 0 Å². The van der Waals surface area contributed by atoms with Gasteiger partial charge in [0.05, 0.1) is 0 Å². The van der Waals surface area contributed by atoms with Gasteiger partial charge in [-0.2, -0.15) is 0 Å². The lowest BCUT2D eigenvalue weighted by Gasteiger charge is -2.22. The first-order chi connectivity index (χ1) is 4.79. The van der Waals surface area contributed by atoms with Crippen LogP contribution in [0.15, 0.2) is 0 Å². The molecule has 0 aliphatic heterocycles. The van der Waals surface area contributed by atoms with Crippen LogP contribution in [0.5, 0.6) is 0 Å². The Bertz CT molecular complexity index is 82.7. The highest BCUT2D eigenvalue weighted by Crippen LogP contribution is 2.28. The molecule has 0 bridgehead atoms. The summed E-state index contributed by atoms with van der Waals surface area (Å²) in [5.41, 5.74) is 0. The fourth-order valence-electron chi connectivity index (χ4n) is 1.88. The van der Waals surface area contributed by atoms with E-state index in [0.717, 1.165) is 9.84 Å². The van der Waals surface area contributed by atoms with Crippen LogP contribution in [0.25, 0.3) is 0 Å². The predicted octanol–water partition coefficient (Wildman–Crippen LogP) is 3.78. The molecule has 60 valence electrons. The van der Waals surface area contributed by atoms with Gasteiger partial charge in [0.1, 0.15) is 0 Å². The number of rotatable bonds is 2. The van der Waals surface area contributed by atoms with Crippen molar-refractivity contribution in [3.05, 3.63) is 0 Å². The third-order valence-electron chi connectivity index (χ3n) is 2.38. The van der Waals surface area contributed by atoms with Crippen molar-refractivity contribution in [2.45, 2.75) is 49.4 Å². The summed E-state index contributed by atoms with van der Waals surface area (Å²) in [6, 6.07) is 0. The summed E-state index contributed by atoms with van der Waals surface area (Å²) >= 11 is 2.54. The summed E-state index contributed by atoms with van der Waals surface area (Å²) in [6.45, 7) is 2.33. The van der Waals surface area contributed by atoms with Crippen molar-refractivity contribution in [3.63, 3.8) is 0 Å². The second kappa shape index (κ2) is 4.58. The molecule has 0 amide bonds. The van der Waals surface area contributed by atoms with Gasteiger partial charge in [-0.05, 0) is 12.3 Å². The molecule has 0 saturated heterocycles. The summed E-state index contributed by atoms with van der Waals surface area (Å²) in [5, 5.41) is 0. The summed E-state index contributed by atoms with van der Waals surface area (Å²) in [7, 11) is 0. The largest absolute Gasteiger partial charge is 0.0829 e. The minimum atomic E-state index is 0.890. The van der Waals surface area contributed by atoms with Crippen molar-refractivity contribution in [2.75, 3.05) is 0 Å². The molecule has 1 aliphatic carbocycles. The molecule has 1 fully saturated rings. The summed E-state index contributed by atoms with van der Waals surface area (Å²) in [6.07, 6.45) is 8.95. The average Bonchev–Trinajstić information content (AvgIpc) is 1.88. The van der Waals surface area contributed by atoms with E-state index in [4.69, 9.17) is 0 Å². The Morgan fingerprint density at radius 3 is 2.40 bits per heavy atom. The number of alkyl halides is 1. The van der Waals surface area contributed by atoms with Gasteiger partial charge in [-0.3, -0.25) is 0 Å². The molecule has 0 aromatic heterocycles. The first-order valence-corrected chi connectivity index (χ1v) is 5.67. The minimum Gasteiger partial charge on any atom is -0.0829 e. The van der Waals surface area contributed by atoms with Crippen LogP contribution in [0.3, 0.4) is 0 Å². The Balaban J connectivity index is 2.13. The minimum absolute atomic E-state index is 0.890. The smallest absolute Gasteiger partial charge is 0.00839 e. The fourth-order valence-corrected chi connectivity index (χ4v) is 2.60. The lowest BCUT2D eigenvalue weighted by atomic mass is 9.86. The molecule has 0 aromatic carbocycles. The normalized spacial score (nSPS) is 24.6. The second-order valence-electron chi connectivity index (χ2n) is 3.52. The average molecular weight is 252 g/mol. The van der Waals surface area contributed by atoms with Crippen LogP contribution in [0.4, 0.5) is 0 Å². The Morgan fingerprint density at radius 1 is 1.30 bits per heavy atom.